The van der Waals surface area contributed by atoms with Crippen LogP contribution in [0.2, 0.25) is 0 Å². The maximum Gasteiger partial charge on any atom is 0.326 e. The lowest BCUT2D eigenvalue weighted by molar-refractivity contribution is -0.138. The fourth-order valence-corrected chi connectivity index (χ4v) is 2.33. The van der Waals surface area contributed by atoms with Gasteiger partial charge in [0.25, 0.3) is 0 Å². The van der Waals surface area contributed by atoms with Gasteiger partial charge in [-0.05, 0) is 25.0 Å². The Balaban J connectivity index is 2.38. The summed E-state index contributed by atoms with van der Waals surface area (Å²) in [5.74, 6) is -0.347. The first-order valence-corrected chi connectivity index (χ1v) is 6.08. The van der Waals surface area contributed by atoms with E-state index in [2.05, 4.69) is 11.1 Å². The molecular weight excluding hydrogens is 230 g/mol. The molecule has 0 amide bonds. The number of hydrogen-bond acceptors (Lipinski definition) is 4. The van der Waals surface area contributed by atoms with Gasteiger partial charge in [0.15, 0.2) is 0 Å². The summed E-state index contributed by atoms with van der Waals surface area (Å²) in [5, 5.41) is 18.4. The summed E-state index contributed by atoms with van der Waals surface area (Å²) in [6, 6.07) is 4.86. The third-order valence-corrected chi connectivity index (χ3v) is 3.22. The number of carbonyl (C=O) groups is 1. The Morgan fingerprint density at radius 2 is 2.33 bits per heavy atom. The predicted molar refractivity (Wildman–Crippen MR) is 66.2 cm³/mol. The van der Waals surface area contributed by atoms with Gasteiger partial charge >= 0.3 is 5.97 Å². The van der Waals surface area contributed by atoms with Gasteiger partial charge in [-0.2, -0.15) is 5.26 Å². The summed E-state index contributed by atoms with van der Waals surface area (Å²) in [6.45, 7) is 0.642. The summed E-state index contributed by atoms with van der Waals surface area (Å²) < 4.78 is 0. The highest BCUT2D eigenvalue weighted by atomic mass is 16.4. The van der Waals surface area contributed by atoms with Crippen LogP contribution in [0.25, 0.3) is 0 Å². The fraction of sp³-hybridized carbons (Fsp3) is 0.462. The lowest BCUT2D eigenvalue weighted by Gasteiger charge is -2.28. The van der Waals surface area contributed by atoms with Gasteiger partial charge in [-0.15, -0.1) is 0 Å². The van der Waals surface area contributed by atoms with E-state index in [1.54, 1.807) is 23.2 Å². The normalized spacial score (nSPS) is 19.9. The molecule has 1 fully saturated rings. The second-order valence-electron chi connectivity index (χ2n) is 4.38. The highest BCUT2D eigenvalue weighted by Gasteiger charge is 2.29. The maximum absolute atomic E-state index is 11.3. The Labute approximate surface area is 106 Å². The van der Waals surface area contributed by atoms with E-state index < -0.39 is 12.0 Å². The zero-order valence-corrected chi connectivity index (χ0v) is 10.0. The molecule has 18 heavy (non-hydrogen) atoms. The molecule has 1 unspecified atom stereocenters. The van der Waals surface area contributed by atoms with E-state index >= 15 is 0 Å². The molecule has 5 nitrogen and oxygen atoms in total. The third-order valence-electron chi connectivity index (χ3n) is 3.22. The van der Waals surface area contributed by atoms with Crippen molar-refractivity contribution < 1.29 is 9.90 Å². The van der Waals surface area contributed by atoms with E-state index in [4.69, 9.17) is 5.26 Å². The van der Waals surface area contributed by atoms with E-state index in [1.165, 1.54) is 0 Å². The minimum absolute atomic E-state index is 0.436. The van der Waals surface area contributed by atoms with Gasteiger partial charge in [0.2, 0.25) is 0 Å². The molecule has 94 valence electrons. The first kappa shape index (κ1) is 12.4. The number of hydrogen-bond donors (Lipinski definition) is 1. The Bertz CT molecular complexity index is 481. The lowest BCUT2D eigenvalue weighted by Crippen LogP contribution is -2.41. The van der Waals surface area contributed by atoms with E-state index in [9.17, 15) is 9.90 Å². The van der Waals surface area contributed by atoms with Gasteiger partial charge in [-0.1, -0.05) is 12.8 Å². The molecule has 0 bridgehead atoms. The van der Waals surface area contributed by atoms with Crippen molar-refractivity contribution in [2.24, 2.45) is 0 Å². The highest BCUT2D eigenvalue weighted by Crippen LogP contribution is 2.25. The molecular formula is C13H15N3O2. The van der Waals surface area contributed by atoms with Crippen molar-refractivity contribution in [1.82, 2.24) is 4.98 Å². The van der Waals surface area contributed by atoms with Gasteiger partial charge < -0.3 is 10.0 Å². The Morgan fingerprint density at radius 3 is 3.06 bits per heavy atom. The van der Waals surface area contributed by atoms with Crippen LogP contribution in [-0.2, 0) is 4.79 Å². The summed E-state index contributed by atoms with van der Waals surface area (Å²) in [4.78, 5) is 17.3. The van der Waals surface area contributed by atoms with Crippen LogP contribution in [0.4, 0.5) is 5.82 Å². The zero-order valence-electron chi connectivity index (χ0n) is 10.0. The number of aromatic nitrogens is 1. The van der Waals surface area contributed by atoms with E-state index in [0.29, 0.717) is 24.3 Å². The van der Waals surface area contributed by atoms with Crippen LogP contribution in [-0.4, -0.2) is 28.6 Å². The molecule has 0 radical (unpaired) electrons. The highest BCUT2D eigenvalue weighted by molar-refractivity contribution is 5.78. The molecule has 1 aliphatic rings. The Kier molecular flexibility index (Phi) is 3.78. The SMILES string of the molecule is N#Cc1cccnc1N1CCCCCC1C(=O)O. The number of aliphatic carboxylic acids is 1. The van der Waals surface area contributed by atoms with Crippen LogP contribution in [0, 0.1) is 11.3 Å². The Morgan fingerprint density at radius 1 is 1.50 bits per heavy atom. The number of pyridine rings is 1. The summed E-state index contributed by atoms with van der Waals surface area (Å²) in [6.07, 6.45) is 5.07. The van der Waals surface area contributed by atoms with Crippen molar-refractivity contribution in [3.05, 3.63) is 23.9 Å². The van der Waals surface area contributed by atoms with Gasteiger partial charge in [-0.3, -0.25) is 0 Å². The molecule has 1 aliphatic heterocycles. The first-order chi connectivity index (χ1) is 8.74. The minimum atomic E-state index is -0.841. The number of nitrogens with zero attached hydrogens (tertiary/aromatic N) is 3. The zero-order chi connectivity index (χ0) is 13.0. The van der Waals surface area contributed by atoms with Crippen molar-refractivity contribution in [1.29, 1.82) is 5.26 Å². The molecule has 1 saturated heterocycles. The quantitative estimate of drug-likeness (QED) is 0.859. The molecule has 0 spiro atoms. The summed E-state index contributed by atoms with van der Waals surface area (Å²) in [5.41, 5.74) is 0.436. The smallest absolute Gasteiger partial charge is 0.326 e. The second-order valence-corrected chi connectivity index (χ2v) is 4.38. The molecule has 0 aromatic carbocycles. The summed E-state index contributed by atoms with van der Waals surface area (Å²) in [7, 11) is 0. The maximum atomic E-state index is 11.3. The first-order valence-electron chi connectivity index (χ1n) is 6.08. The molecule has 0 saturated carbocycles. The van der Waals surface area contributed by atoms with E-state index in [1.807, 2.05) is 0 Å². The number of nitriles is 1. The van der Waals surface area contributed by atoms with Crippen molar-refractivity contribution in [3.63, 3.8) is 0 Å². The van der Waals surface area contributed by atoms with Gasteiger partial charge in [0, 0.05) is 12.7 Å². The number of carboxylic acid groups (broad SMARTS) is 1. The van der Waals surface area contributed by atoms with Crippen LogP contribution in [0.5, 0.6) is 0 Å². The molecule has 5 heteroatoms. The third kappa shape index (κ3) is 2.43. The minimum Gasteiger partial charge on any atom is -0.480 e. The standard InChI is InChI=1S/C13H15N3O2/c14-9-10-5-4-7-15-12(10)16-8-3-1-2-6-11(16)13(17)18/h4-5,7,11H,1-3,6,8H2,(H,17,18). The number of anilines is 1. The van der Waals surface area contributed by atoms with Gasteiger partial charge in [0.1, 0.15) is 17.9 Å². The molecule has 2 heterocycles. The summed E-state index contributed by atoms with van der Waals surface area (Å²) >= 11 is 0. The van der Waals surface area contributed by atoms with Crippen molar-refractivity contribution in [2.75, 3.05) is 11.4 Å². The van der Waals surface area contributed by atoms with Crippen molar-refractivity contribution in [3.8, 4) is 6.07 Å². The molecule has 1 N–H and O–H groups in total. The fourth-order valence-electron chi connectivity index (χ4n) is 2.33. The molecule has 2 rings (SSSR count). The number of carboxylic acids is 1. The predicted octanol–water partition coefficient (Wildman–Crippen LogP) is 1.79. The Hall–Kier alpha value is -2.09. The second kappa shape index (κ2) is 5.50. The molecule has 1 atom stereocenters. The van der Waals surface area contributed by atoms with Crippen molar-refractivity contribution in [2.45, 2.75) is 31.7 Å². The van der Waals surface area contributed by atoms with Crippen LogP contribution in [0.3, 0.4) is 0 Å². The van der Waals surface area contributed by atoms with Crippen molar-refractivity contribution >= 4 is 11.8 Å². The number of rotatable bonds is 2. The monoisotopic (exact) mass is 245 g/mol. The van der Waals surface area contributed by atoms with Crippen LogP contribution >= 0.6 is 0 Å². The van der Waals surface area contributed by atoms with Crippen LogP contribution in [0.1, 0.15) is 31.2 Å². The topological polar surface area (TPSA) is 77.2 Å². The average Bonchev–Trinajstić information content (AvgIpc) is 2.64. The molecule has 1 aromatic heterocycles. The van der Waals surface area contributed by atoms with E-state index in [-0.39, 0.29) is 0 Å². The van der Waals surface area contributed by atoms with Gasteiger partial charge in [-0.25, -0.2) is 9.78 Å². The molecule has 0 aliphatic carbocycles. The van der Waals surface area contributed by atoms with Gasteiger partial charge in [0.05, 0.1) is 5.56 Å². The molecule has 1 aromatic rings. The largest absolute Gasteiger partial charge is 0.480 e. The average molecular weight is 245 g/mol. The van der Waals surface area contributed by atoms with Crippen LogP contribution in [0.15, 0.2) is 18.3 Å². The van der Waals surface area contributed by atoms with E-state index in [0.717, 1.165) is 19.3 Å². The lowest BCUT2D eigenvalue weighted by atomic mass is 10.1. The van der Waals surface area contributed by atoms with Crippen LogP contribution < -0.4 is 4.90 Å².